The normalized spacial score (nSPS) is 37.6. The molecule has 0 aromatic heterocycles. The number of amides is 1. The number of fused-ring (bicyclic) bond motifs is 3. The largest absolute Gasteiger partial charge is 0.460 e. The van der Waals surface area contributed by atoms with Gasteiger partial charge in [0, 0.05) is 51.4 Å². The Balaban J connectivity index is 1.48. The Hall–Kier alpha value is -4.15. The van der Waals surface area contributed by atoms with Gasteiger partial charge in [0.25, 0.3) is 11.7 Å². The molecule has 3 fully saturated rings. The summed E-state index contributed by atoms with van der Waals surface area (Å²) in [6.07, 6.45) is 11.8. The third-order valence-corrected chi connectivity index (χ3v) is 15.7. The fourth-order valence-electron chi connectivity index (χ4n) is 11.0. The van der Waals surface area contributed by atoms with Crippen LogP contribution in [0.1, 0.15) is 131 Å². The fourth-order valence-corrected chi connectivity index (χ4v) is 11.0. The Kier molecular flexibility index (Phi) is 22.8. The first-order chi connectivity index (χ1) is 34.3. The Morgan fingerprint density at radius 2 is 1.58 bits per heavy atom. The lowest BCUT2D eigenvalue weighted by Gasteiger charge is -2.43. The van der Waals surface area contributed by atoms with Crippen molar-refractivity contribution in [2.24, 2.45) is 35.5 Å². The van der Waals surface area contributed by atoms with E-state index in [1.54, 1.807) is 34.0 Å². The van der Waals surface area contributed by atoms with E-state index in [1.165, 1.54) is 12.0 Å². The molecule has 14 heteroatoms. The molecule has 1 aliphatic carbocycles. The zero-order valence-electron chi connectivity index (χ0n) is 44.4. The number of cyclic esters (lactones) is 1. The second-order valence-corrected chi connectivity index (χ2v) is 21.5. The van der Waals surface area contributed by atoms with E-state index in [0.29, 0.717) is 76.4 Å². The van der Waals surface area contributed by atoms with E-state index in [0.717, 1.165) is 17.6 Å². The van der Waals surface area contributed by atoms with E-state index in [9.17, 15) is 39.3 Å². The number of rotatable bonds is 9. The quantitative estimate of drug-likeness (QED) is 0.123. The molecular weight excluding hydrogens is 919 g/mol. The summed E-state index contributed by atoms with van der Waals surface area (Å²) in [5, 5.41) is 34.2. The van der Waals surface area contributed by atoms with Crippen molar-refractivity contribution in [1.29, 1.82) is 0 Å². The maximum atomic E-state index is 14.5. The van der Waals surface area contributed by atoms with Crippen molar-refractivity contribution in [2.75, 3.05) is 27.4 Å². The first-order valence-corrected chi connectivity index (χ1v) is 26.6. The van der Waals surface area contributed by atoms with Crippen molar-refractivity contribution in [3.05, 3.63) is 83.5 Å². The van der Waals surface area contributed by atoms with Crippen molar-refractivity contribution in [3.63, 3.8) is 0 Å². The van der Waals surface area contributed by atoms with Crippen LogP contribution in [0.5, 0.6) is 0 Å². The predicted octanol–water partition coefficient (Wildman–Crippen LogP) is 7.79. The third kappa shape index (κ3) is 15.9. The molecule has 2 bridgehead atoms. The number of carbonyl (C=O) groups excluding carboxylic acids is 5. The second kappa shape index (κ2) is 27.9. The highest BCUT2D eigenvalue weighted by Gasteiger charge is 2.53. The van der Waals surface area contributed by atoms with Gasteiger partial charge in [0.15, 0.2) is 5.78 Å². The average Bonchev–Trinajstić information content (AvgIpc) is 3.36. The molecule has 1 amide bonds. The van der Waals surface area contributed by atoms with Crippen molar-refractivity contribution in [2.45, 2.75) is 186 Å². The Morgan fingerprint density at radius 1 is 0.847 bits per heavy atom. The maximum Gasteiger partial charge on any atom is 0.329 e. The topological polar surface area (TPSA) is 195 Å². The minimum Gasteiger partial charge on any atom is -0.460 e. The van der Waals surface area contributed by atoms with E-state index in [2.05, 4.69) is 0 Å². The molecule has 0 spiro atoms. The standard InChI is InChI=1S/C58H85NO13/c1-36-18-12-10-13-19-37(2)49(70-29-27-43-20-14-11-15-21-43)34-45-25-23-42(7)58(67,72-45)55(64)56(65)59-28-17-16-22-46(59)57(66)71-50(39(4)32-44-24-26-47(60)51(33-44)68-8)35-48(61)38(3)31-41(6)53(63)54(69-9)52(62)40(5)30-36/h10-15,18-21,31,36,38-40,42,44-47,49-51,53-54,60,63,67H,16-17,22-30,32-35H2,1-9H3/b13-10+,18-12+,37-19+,41-31+/t36-,38-,39?,40-,42-,44+,45+,46+,47-,49-,50+,51-,53-,54+,58-/m1/s1. The molecule has 4 aliphatic rings. The van der Waals surface area contributed by atoms with E-state index in [4.69, 9.17) is 23.7 Å². The number of esters is 1. The lowest BCUT2D eigenvalue weighted by molar-refractivity contribution is -0.266. The molecule has 15 atom stereocenters. The van der Waals surface area contributed by atoms with Crippen LogP contribution in [0.2, 0.25) is 0 Å². The van der Waals surface area contributed by atoms with Crippen LogP contribution >= 0.6 is 0 Å². The van der Waals surface area contributed by atoms with Gasteiger partial charge in [-0.1, -0.05) is 101 Å². The number of aliphatic hydroxyl groups is 3. The average molecular weight is 1000 g/mol. The highest BCUT2D eigenvalue weighted by atomic mass is 16.6. The lowest BCUT2D eigenvalue weighted by atomic mass is 9.78. The summed E-state index contributed by atoms with van der Waals surface area (Å²) in [6.45, 7) is 13.2. The van der Waals surface area contributed by atoms with Crippen LogP contribution in [-0.2, 0) is 54.1 Å². The van der Waals surface area contributed by atoms with Crippen molar-refractivity contribution >= 4 is 29.2 Å². The zero-order valence-corrected chi connectivity index (χ0v) is 44.4. The van der Waals surface area contributed by atoms with Gasteiger partial charge < -0.3 is 43.9 Å². The summed E-state index contributed by atoms with van der Waals surface area (Å²) in [6, 6.07) is 8.83. The molecule has 14 nitrogen and oxygen atoms in total. The van der Waals surface area contributed by atoms with Crippen LogP contribution in [0, 0.1) is 35.5 Å². The van der Waals surface area contributed by atoms with Crippen molar-refractivity contribution < 1.29 is 63.0 Å². The molecule has 5 rings (SSSR count). The predicted molar refractivity (Wildman–Crippen MR) is 274 cm³/mol. The van der Waals surface area contributed by atoms with E-state index in [1.807, 2.05) is 88.4 Å². The van der Waals surface area contributed by atoms with Gasteiger partial charge in [-0.05, 0) is 119 Å². The van der Waals surface area contributed by atoms with E-state index < -0.39 is 83.9 Å². The number of aliphatic hydroxyl groups excluding tert-OH is 2. The Labute approximate surface area is 428 Å². The maximum absolute atomic E-state index is 14.5. The minimum atomic E-state index is -2.46. The molecule has 3 aliphatic heterocycles. The molecule has 1 aromatic carbocycles. The number of hydrogen-bond donors (Lipinski definition) is 3. The summed E-state index contributed by atoms with van der Waals surface area (Å²) < 4.78 is 30.3. The number of piperidine rings is 1. The third-order valence-electron chi connectivity index (χ3n) is 15.7. The zero-order chi connectivity index (χ0) is 52.7. The summed E-state index contributed by atoms with van der Waals surface area (Å²) in [7, 11) is 2.95. The molecule has 1 unspecified atom stereocenters. The van der Waals surface area contributed by atoms with Crippen LogP contribution in [0.25, 0.3) is 0 Å². The number of allylic oxidation sites excluding steroid dienone is 6. The number of methoxy groups -OCH3 is 2. The summed E-state index contributed by atoms with van der Waals surface area (Å²) in [5.74, 6) is -8.08. The first-order valence-electron chi connectivity index (χ1n) is 26.6. The van der Waals surface area contributed by atoms with Crippen LogP contribution < -0.4 is 0 Å². The molecule has 2 saturated heterocycles. The van der Waals surface area contributed by atoms with Gasteiger partial charge in [-0.3, -0.25) is 19.2 Å². The summed E-state index contributed by atoms with van der Waals surface area (Å²) >= 11 is 0. The molecule has 3 heterocycles. The number of benzene rings is 1. The van der Waals surface area contributed by atoms with Crippen LogP contribution in [0.4, 0.5) is 0 Å². The number of carbonyl (C=O) groups is 5. The van der Waals surface area contributed by atoms with Gasteiger partial charge in [0.2, 0.25) is 5.79 Å². The van der Waals surface area contributed by atoms with Crippen molar-refractivity contribution in [1.82, 2.24) is 4.90 Å². The number of Topliss-reactive ketones (excluding diaryl/α,β-unsaturated/α-hetero) is 3. The van der Waals surface area contributed by atoms with E-state index in [-0.39, 0.29) is 54.8 Å². The van der Waals surface area contributed by atoms with Gasteiger partial charge >= 0.3 is 5.97 Å². The second-order valence-electron chi connectivity index (χ2n) is 21.5. The van der Waals surface area contributed by atoms with Gasteiger partial charge in [0.05, 0.1) is 31.0 Å². The van der Waals surface area contributed by atoms with Gasteiger partial charge in [-0.15, -0.1) is 0 Å². The van der Waals surface area contributed by atoms with Gasteiger partial charge in [-0.25, -0.2) is 4.79 Å². The lowest BCUT2D eigenvalue weighted by Crippen LogP contribution is -2.61. The van der Waals surface area contributed by atoms with Crippen LogP contribution in [-0.4, -0.2) is 131 Å². The summed E-state index contributed by atoms with van der Waals surface area (Å²) in [5.41, 5.74) is 2.39. The Morgan fingerprint density at radius 3 is 2.29 bits per heavy atom. The number of hydrogen-bond acceptors (Lipinski definition) is 13. The SMILES string of the molecule is CO[C@@H]1C[C@H](CC(C)[C@@H]2CC(=O)[C@H](C)/C=C(\C)[C@@H](O)[C@@H](OC)C(=O)[C@H](C)C[C@H](C)/C=C/C=C/C=C(\C)[C@H](OCCc3ccccc3)C[C@@H]3CC[C@@H](C)[C@@](O)(O3)C(=O)C(=O)N3CCCC[C@H]3C(=O)O2)CC[C@H]1O. The highest BCUT2D eigenvalue weighted by Crippen LogP contribution is 2.38. The molecule has 3 N–H and O–H groups in total. The minimum absolute atomic E-state index is 0.00296. The summed E-state index contributed by atoms with van der Waals surface area (Å²) in [4.78, 5) is 72.6. The number of ketones is 3. The van der Waals surface area contributed by atoms with Gasteiger partial charge in [-0.2, -0.15) is 0 Å². The monoisotopic (exact) mass is 1000 g/mol. The first kappa shape index (κ1) is 58.7. The number of ether oxygens (including phenoxy) is 5. The molecule has 1 saturated carbocycles. The highest BCUT2D eigenvalue weighted by molar-refractivity contribution is 6.39. The molecule has 0 radical (unpaired) electrons. The fraction of sp³-hybridized carbons (Fsp3) is 0.672. The Bertz CT molecular complexity index is 2080. The molecular formula is C58H85NO13. The smallest absolute Gasteiger partial charge is 0.329 e. The van der Waals surface area contributed by atoms with Crippen LogP contribution in [0.3, 0.4) is 0 Å². The van der Waals surface area contributed by atoms with Crippen LogP contribution in [0.15, 0.2) is 77.9 Å². The van der Waals surface area contributed by atoms with E-state index >= 15 is 0 Å². The van der Waals surface area contributed by atoms with Gasteiger partial charge in [0.1, 0.15) is 30.1 Å². The van der Waals surface area contributed by atoms with Crippen molar-refractivity contribution in [3.8, 4) is 0 Å². The molecule has 1 aromatic rings. The molecule has 72 heavy (non-hydrogen) atoms. The number of nitrogens with zero attached hydrogens (tertiary/aromatic N) is 1. The molecule has 400 valence electrons.